The lowest BCUT2D eigenvalue weighted by Crippen LogP contribution is -2.48. The van der Waals surface area contributed by atoms with Gasteiger partial charge in [-0.2, -0.15) is 0 Å². The van der Waals surface area contributed by atoms with Gasteiger partial charge in [0.15, 0.2) is 0 Å². The Kier molecular flexibility index (Phi) is 5.65. The first-order valence-electron chi connectivity index (χ1n) is 5.79. The molecule has 2 N–H and O–H groups in total. The van der Waals surface area contributed by atoms with Crippen LogP contribution < -0.4 is 5.32 Å². The van der Waals surface area contributed by atoms with Gasteiger partial charge in [-0.15, -0.1) is 0 Å². The summed E-state index contributed by atoms with van der Waals surface area (Å²) < 4.78 is 5.33. The van der Waals surface area contributed by atoms with Gasteiger partial charge >= 0.3 is 5.97 Å². The molecule has 0 aromatic heterocycles. The minimum atomic E-state index is -0.666. The largest absolute Gasteiger partial charge is 0.481 e. The summed E-state index contributed by atoms with van der Waals surface area (Å²) in [5.41, 5.74) is 0. The first-order chi connectivity index (χ1) is 7.25. The monoisotopic (exact) mass is 215 g/mol. The van der Waals surface area contributed by atoms with Crippen LogP contribution in [0.4, 0.5) is 0 Å². The van der Waals surface area contributed by atoms with Gasteiger partial charge in [-0.25, -0.2) is 0 Å². The summed E-state index contributed by atoms with van der Waals surface area (Å²) >= 11 is 0. The molecular formula is C11H21NO3. The fourth-order valence-electron chi connectivity index (χ4n) is 1.75. The number of carboxylic acids is 1. The topological polar surface area (TPSA) is 58.6 Å². The minimum Gasteiger partial charge on any atom is -0.481 e. The van der Waals surface area contributed by atoms with Crippen LogP contribution in [0.3, 0.4) is 0 Å². The van der Waals surface area contributed by atoms with Crippen LogP contribution in [0.25, 0.3) is 0 Å². The zero-order valence-corrected chi connectivity index (χ0v) is 9.37. The van der Waals surface area contributed by atoms with Crippen LogP contribution in [0.2, 0.25) is 0 Å². The molecule has 88 valence electrons. The lowest BCUT2D eigenvalue weighted by Gasteiger charge is -2.34. The molecule has 0 aromatic carbocycles. The Morgan fingerprint density at radius 3 is 2.80 bits per heavy atom. The number of hydrogen-bond acceptors (Lipinski definition) is 3. The molecule has 1 aliphatic rings. The normalized spacial score (nSPS) is 24.9. The van der Waals surface area contributed by atoms with Gasteiger partial charge in [0.2, 0.25) is 0 Å². The van der Waals surface area contributed by atoms with Crippen LogP contribution in [0.5, 0.6) is 0 Å². The highest BCUT2D eigenvalue weighted by molar-refractivity contribution is 5.72. The maximum Gasteiger partial charge on any atom is 0.308 e. The molecule has 2 atom stereocenters. The van der Waals surface area contributed by atoms with Crippen molar-refractivity contribution in [2.45, 2.75) is 38.6 Å². The number of ether oxygens (including phenoxy) is 1. The average molecular weight is 215 g/mol. The number of carboxylic acid groups (broad SMARTS) is 1. The van der Waals surface area contributed by atoms with Crippen molar-refractivity contribution in [2.24, 2.45) is 5.92 Å². The van der Waals surface area contributed by atoms with Gasteiger partial charge in [-0.1, -0.05) is 6.92 Å². The smallest absolute Gasteiger partial charge is 0.308 e. The van der Waals surface area contributed by atoms with E-state index in [-0.39, 0.29) is 12.0 Å². The van der Waals surface area contributed by atoms with Crippen LogP contribution in [-0.4, -0.2) is 36.9 Å². The van der Waals surface area contributed by atoms with E-state index < -0.39 is 5.97 Å². The molecule has 4 nitrogen and oxygen atoms in total. The second kappa shape index (κ2) is 6.80. The van der Waals surface area contributed by atoms with Gasteiger partial charge in [0.05, 0.1) is 5.92 Å². The second-order valence-corrected chi connectivity index (χ2v) is 4.05. The van der Waals surface area contributed by atoms with E-state index in [1.807, 2.05) is 0 Å². The Bertz CT molecular complexity index is 196. The van der Waals surface area contributed by atoms with Crippen molar-refractivity contribution in [1.82, 2.24) is 5.32 Å². The van der Waals surface area contributed by atoms with Crippen molar-refractivity contribution < 1.29 is 14.6 Å². The number of rotatable bonds is 8. The van der Waals surface area contributed by atoms with Gasteiger partial charge in [0.1, 0.15) is 0 Å². The second-order valence-electron chi connectivity index (χ2n) is 4.05. The van der Waals surface area contributed by atoms with E-state index in [1.165, 1.54) is 0 Å². The standard InChI is InChI=1S/C11H21NO3/c1-2-7-15-8-3-6-12-10-5-4-9(10)11(13)14/h9-10,12H,2-8H2,1H3,(H,13,14). The zero-order chi connectivity index (χ0) is 11.1. The third-order valence-corrected chi connectivity index (χ3v) is 2.81. The third kappa shape index (κ3) is 4.18. The van der Waals surface area contributed by atoms with Gasteiger partial charge in [0.25, 0.3) is 0 Å². The molecule has 15 heavy (non-hydrogen) atoms. The third-order valence-electron chi connectivity index (χ3n) is 2.81. The van der Waals surface area contributed by atoms with Gasteiger partial charge < -0.3 is 15.2 Å². The van der Waals surface area contributed by atoms with Crippen molar-refractivity contribution in [3.8, 4) is 0 Å². The lowest BCUT2D eigenvalue weighted by molar-refractivity contribution is -0.146. The van der Waals surface area contributed by atoms with E-state index in [1.54, 1.807) is 0 Å². The SMILES string of the molecule is CCCOCCCNC1CCC1C(=O)O. The maximum absolute atomic E-state index is 10.7. The van der Waals surface area contributed by atoms with E-state index in [4.69, 9.17) is 9.84 Å². The van der Waals surface area contributed by atoms with Crippen molar-refractivity contribution in [2.75, 3.05) is 19.8 Å². The Morgan fingerprint density at radius 2 is 2.27 bits per heavy atom. The summed E-state index contributed by atoms with van der Waals surface area (Å²) in [6.07, 6.45) is 3.83. The highest BCUT2D eigenvalue weighted by Gasteiger charge is 2.35. The highest BCUT2D eigenvalue weighted by atomic mass is 16.5. The molecule has 1 rings (SSSR count). The van der Waals surface area contributed by atoms with Crippen molar-refractivity contribution in [1.29, 1.82) is 0 Å². The van der Waals surface area contributed by atoms with Crippen LogP contribution in [0, 0.1) is 5.92 Å². The Labute approximate surface area is 91.0 Å². The van der Waals surface area contributed by atoms with Crippen molar-refractivity contribution in [3.63, 3.8) is 0 Å². The zero-order valence-electron chi connectivity index (χ0n) is 9.37. The molecule has 0 radical (unpaired) electrons. The molecular weight excluding hydrogens is 194 g/mol. The van der Waals surface area contributed by atoms with Crippen molar-refractivity contribution >= 4 is 5.97 Å². The molecule has 0 amide bonds. The first kappa shape index (κ1) is 12.5. The summed E-state index contributed by atoms with van der Waals surface area (Å²) in [5.74, 6) is -0.831. The fourth-order valence-corrected chi connectivity index (χ4v) is 1.75. The summed E-state index contributed by atoms with van der Waals surface area (Å²) in [6, 6.07) is 0.189. The molecule has 4 heteroatoms. The predicted molar refractivity (Wildman–Crippen MR) is 57.9 cm³/mol. The summed E-state index contributed by atoms with van der Waals surface area (Å²) in [5, 5.41) is 12.1. The molecule has 1 aliphatic carbocycles. The van der Waals surface area contributed by atoms with Gasteiger partial charge in [-0.3, -0.25) is 4.79 Å². The van der Waals surface area contributed by atoms with Gasteiger partial charge in [-0.05, 0) is 32.2 Å². The van der Waals surface area contributed by atoms with Crippen LogP contribution in [-0.2, 0) is 9.53 Å². The lowest BCUT2D eigenvalue weighted by atomic mass is 9.79. The predicted octanol–water partition coefficient (Wildman–Crippen LogP) is 1.26. The number of carbonyl (C=O) groups is 1. The molecule has 0 bridgehead atoms. The van der Waals surface area contributed by atoms with E-state index in [0.717, 1.165) is 45.4 Å². The number of nitrogens with one attached hydrogen (secondary N) is 1. The Balaban J connectivity index is 1.94. The van der Waals surface area contributed by atoms with E-state index >= 15 is 0 Å². The van der Waals surface area contributed by atoms with E-state index in [9.17, 15) is 4.79 Å². The molecule has 2 unspecified atom stereocenters. The first-order valence-corrected chi connectivity index (χ1v) is 5.79. The molecule has 0 saturated heterocycles. The summed E-state index contributed by atoms with van der Waals surface area (Å²) in [6.45, 7) is 4.54. The highest BCUT2D eigenvalue weighted by Crippen LogP contribution is 2.27. The van der Waals surface area contributed by atoms with Gasteiger partial charge in [0, 0.05) is 19.3 Å². The molecule has 1 saturated carbocycles. The Morgan fingerprint density at radius 1 is 1.47 bits per heavy atom. The van der Waals surface area contributed by atoms with Crippen LogP contribution >= 0.6 is 0 Å². The van der Waals surface area contributed by atoms with E-state index in [2.05, 4.69) is 12.2 Å². The van der Waals surface area contributed by atoms with Crippen molar-refractivity contribution in [3.05, 3.63) is 0 Å². The number of hydrogen-bond donors (Lipinski definition) is 2. The fraction of sp³-hybridized carbons (Fsp3) is 0.909. The van der Waals surface area contributed by atoms with E-state index in [0.29, 0.717) is 0 Å². The quantitative estimate of drug-likeness (QED) is 0.598. The summed E-state index contributed by atoms with van der Waals surface area (Å²) in [4.78, 5) is 10.7. The maximum atomic E-state index is 10.7. The molecule has 1 fully saturated rings. The number of aliphatic carboxylic acids is 1. The van der Waals surface area contributed by atoms with Crippen LogP contribution in [0.15, 0.2) is 0 Å². The van der Waals surface area contributed by atoms with Crippen LogP contribution in [0.1, 0.15) is 32.6 Å². The Hall–Kier alpha value is -0.610. The molecule has 0 heterocycles. The summed E-state index contributed by atoms with van der Waals surface area (Å²) in [7, 11) is 0. The molecule has 0 spiro atoms. The molecule has 0 aliphatic heterocycles. The minimum absolute atomic E-state index is 0.165. The molecule has 0 aromatic rings. The average Bonchev–Trinajstić information content (AvgIpc) is 2.13.